The fourth-order valence-corrected chi connectivity index (χ4v) is 2.21. The van der Waals surface area contributed by atoms with Crippen molar-refractivity contribution in [3.05, 3.63) is 34.6 Å². The van der Waals surface area contributed by atoms with Gasteiger partial charge in [-0.3, -0.25) is 5.10 Å². The molecule has 0 aliphatic rings. The van der Waals surface area contributed by atoms with Crippen LogP contribution in [0.3, 0.4) is 0 Å². The van der Waals surface area contributed by atoms with Gasteiger partial charge < -0.3 is 9.30 Å². The number of rotatable bonds is 7. The second-order valence-electron chi connectivity index (χ2n) is 4.85. The predicted octanol–water partition coefficient (Wildman–Crippen LogP) is 4.04. The number of hydrogen-bond acceptors (Lipinski definition) is 3. The van der Waals surface area contributed by atoms with Crippen LogP contribution in [0.5, 0.6) is 0 Å². The molecule has 0 aliphatic heterocycles. The molecular formula is C14H15F4N3OS. The minimum Gasteiger partial charge on any atom is -0.370 e. The zero-order valence-electron chi connectivity index (χ0n) is 12.2. The SMILES string of the molecule is CCn1c(-c2ccc(COCC(F)(F)C(F)F)cc2)n[nH]c1=S. The summed E-state index contributed by atoms with van der Waals surface area (Å²) in [5.74, 6) is -3.48. The molecule has 23 heavy (non-hydrogen) atoms. The molecule has 0 radical (unpaired) electrons. The number of benzene rings is 1. The van der Waals surface area contributed by atoms with Crippen molar-refractivity contribution in [2.45, 2.75) is 32.4 Å². The molecule has 9 heteroatoms. The molecule has 2 aromatic rings. The molecule has 126 valence electrons. The molecule has 0 amide bonds. The maximum absolute atomic E-state index is 12.7. The first-order chi connectivity index (χ1) is 10.8. The van der Waals surface area contributed by atoms with E-state index in [0.717, 1.165) is 5.56 Å². The highest BCUT2D eigenvalue weighted by Gasteiger charge is 2.40. The second-order valence-corrected chi connectivity index (χ2v) is 5.23. The fraction of sp³-hybridized carbons (Fsp3) is 0.429. The second kappa shape index (κ2) is 7.22. The molecule has 1 heterocycles. The summed E-state index contributed by atoms with van der Waals surface area (Å²) < 4.78 is 56.4. The first-order valence-electron chi connectivity index (χ1n) is 6.83. The van der Waals surface area contributed by atoms with Crippen molar-refractivity contribution >= 4 is 12.2 Å². The van der Waals surface area contributed by atoms with Gasteiger partial charge >= 0.3 is 12.3 Å². The van der Waals surface area contributed by atoms with Crippen molar-refractivity contribution in [1.29, 1.82) is 0 Å². The van der Waals surface area contributed by atoms with Crippen LogP contribution in [0.25, 0.3) is 11.4 Å². The van der Waals surface area contributed by atoms with Crippen LogP contribution in [0.1, 0.15) is 12.5 Å². The van der Waals surface area contributed by atoms with Gasteiger partial charge in [0, 0.05) is 12.1 Å². The highest BCUT2D eigenvalue weighted by Crippen LogP contribution is 2.24. The van der Waals surface area contributed by atoms with Crippen LogP contribution >= 0.6 is 12.2 Å². The molecule has 0 bridgehead atoms. The average Bonchev–Trinajstić information content (AvgIpc) is 2.88. The fourth-order valence-electron chi connectivity index (χ4n) is 1.95. The first kappa shape index (κ1) is 17.6. The predicted molar refractivity (Wildman–Crippen MR) is 79.1 cm³/mol. The van der Waals surface area contributed by atoms with Crippen LogP contribution in [0.15, 0.2) is 24.3 Å². The lowest BCUT2D eigenvalue weighted by Gasteiger charge is -2.15. The molecule has 2 rings (SSSR count). The highest BCUT2D eigenvalue weighted by molar-refractivity contribution is 7.71. The van der Waals surface area contributed by atoms with E-state index in [-0.39, 0.29) is 6.61 Å². The van der Waals surface area contributed by atoms with E-state index in [4.69, 9.17) is 12.2 Å². The van der Waals surface area contributed by atoms with Crippen molar-refractivity contribution in [2.24, 2.45) is 0 Å². The van der Waals surface area contributed by atoms with Gasteiger partial charge in [0.05, 0.1) is 6.61 Å². The van der Waals surface area contributed by atoms with Gasteiger partial charge in [-0.15, -0.1) is 0 Å². The first-order valence-corrected chi connectivity index (χ1v) is 7.24. The van der Waals surface area contributed by atoms with Gasteiger partial charge in [0.25, 0.3) is 0 Å². The zero-order valence-corrected chi connectivity index (χ0v) is 13.0. The van der Waals surface area contributed by atoms with E-state index < -0.39 is 19.0 Å². The Morgan fingerprint density at radius 2 is 1.96 bits per heavy atom. The summed E-state index contributed by atoms with van der Waals surface area (Å²) in [6.45, 7) is 1.09. The molecule has 0 saturated heterocycles. The number of ether oxygens (including phenoxy) is 1. The number of H-pyrrole nitrogens is 1. The Balaban J connectivity index is 2.01. The summed E-state index contributed by atoms with van der Waals surface area (Å²) in [7, 11) is 0. The monoisotopic (exact) mass is 349 g/mol. The van der Waals surface area contributed by atoms with Crippen molar-refractivity contribution in [1.82, 2.24) is 14.8 Å². The summed E-state index contributed by atoms with van der Waals surface area (Å²) >= 11 is 5.10. The van der Waals surface area contributed by atoms with E-state index in [0.29, 0.717) is 22.7 Å². The van der Waals surface area contributed by atoms with Crippen LogP contribution in [0.2, 0.25) is 0 Å². The lowest BCUT2D eigenvalue weighted by Crippen LogP contribution is -2.32. The van der Waals surface area contributed by atoms with Gasteiger partial charge in [0.15, 0.2) is 10.6 Å². The Hall–Kier alpha value is -1.74. The van der Waals surface area contributed by atoms with Gasteiger partial charge in [0.1, 0.15) is 6.61 Å². The molecule has 1 aromatic carbocycles. The van der Waals surface area contributed by atoms with Crippen molar-refractivity contribution in [3.8, 4) is 11.4 Å². The van der Waals surface area contributed by atoms with Gasteiger partial charge in [-0.05, 0) is 24.7 Å². The molecular weight excluding hydrogens is 334 g/mol. The van der Waals surface area contributed by atoms with E-state index in [1.807, 2.05) is 11.5 Å². The number of aromatic amines is 1. The molecule has 0 aliphatic carbocycles. The number of hydrogen-bond donors (Lipinski definition) is 1. The Morgan fingerprint density at radius 3 is 2.52 bits per heavy atom. The third kappa shape index (κ3) is 4.17. The Bertz CT molecular complexity index is 697. The number of alkyl halides is 4. The number of aromatic nitrogens is 3. The van der Waals surface area contributed by atoms with Crippen molar-refractivity contribution in [2.75, 3.05) is 6.61 Å². The highest BCUT2D eigenvalue weighted by atomic mass is 32.1. The zero-order chi connectivity index (χ0) is 17.0. The molecule has 0 fully saturated rings. The van der Waals surface area contributed by atoms with Gasteiger partial charge in [-0.1, -0.05) is 24.3 Å². The number of nitrogens with one attached hydrogen (secondary N) is 1. The van der Waals surface area contributed by atoms with Crippen LogP contribution in [-0.2, 0) is 17.9 Å². The topological polar surface area (TPSA) is 42.8 Å². The maximum Gasteiger partial charge on any atom is 0.330 e. The Labute approximate surface area is 135 Å². The van der Waals surface area contributed by atoms with Gasteiger partial charge in [0.2, 0.25) is 0 Å². The van der Waals surface area contributed by atoms with E-state index in [9.17, 15) is 17.6 Å². The summed E-state index contributed by atoms with van der Waals surface area (Å²) in [6.07, 6.45) is -3.73. The Kier molecular flexibility index (Phi) is 5.53. The lowest BCUT2D eigenvalue weighted by atomic mass is 10.1. The van der Waals surface area contributed by atoms with E-state index in [1.54, 1.807) is 24.3 Å². The van der Waals surface area contributed by atoms with Gasteiger partial charge in [-0.2, -0.15) is 13.9 Å². The van der Waals surface area contributed by atoms with E-state index in [2.05, 4.69) is 14.9 Å². The average molecular weight is 349 g/mol. The molecule has 0 unspecified atom stereocenters. The minimum atomic E-state index is -4.14. The summed E-state index contributed by atoms with van der Waals surface area (Å²) in [5.41, 5.74) is 1.39. The minimum absolute atomic E-state index is 0.177. The van der Waals surface area contributed by atoms with Crippen LogP contribution in [0, 0.1) is 4.77 Å². The summed E-state index contributed by atoms with van der Waals surface area (Å²) in [5, 5.41) is 6.83. The maximum atomic E-state index is 12.7. The summed E-state index contributed by atoms with van der Waals surface area (Å²) in [6, 6.07) is 6.79. The standard InChI is InChI=1S/C14H15F4N3OS/c1-2-21-11(19-20-13(21)23)10-5-3-9(4-6-10)7-22-8-14(17,18)12(15)16/h3-6,12H,2,7-8H2,1H3,(H,20,23). The van der Waals surface area contributed by atoms with E-state index in [1.165, 1.54) is 0 Å². The van der Waals surface area contributed by atoms with Gasteiger partial charge in [-0.25, -0.2) is 8.78 Å². The normalized spacial score (nSPS) is 12.1. The number of halogens is 4. The number of nitrogens with zero attached hydrogens (tertiary/aromatic N) is 2. The smallest absolute Gasteiger partial charge is 0.330 e. The Morgan fingerprint density at radius 1 is 1.30 bits per heavy atom. The molecule has 1 N–H and O–H groups in total. The van der Waals surface area contributed by atoms with Crippen molar-refractivity contribution in [3.63, 3.8) is 0 Å². The van der Waals surface area contributed by atoms with E-state index >= 15 is 0 Å². The van der Waals surface area contributed by atoms with Crippen LogP contribution in [-0.4, -0.2) is 33.7 Å². The molecule has 0 spiro atoms. The molecule has 4 nitrogen and oxygen atoms in total. The third-order valence-electron chi connectivity index (χ3n) is 3.17. The molecule has 0 saturated carbocycles. The largest absolute Gasteiger partial charge is 0.370 e. The third-order valence-corrected chi connectivity index (χ3v) is 3.48. The quantitative estimate of drug-likeness (QED) is 0.606. The lowest BCUT2D eigenvalue weighted by molar-refractivity contribution is -0.168. The summed E-state index contributed by atoms with van der Waals surface area (Å²) in [4.78, 5) is 0. The van der Waals surface area contributed by atoms with Crippen LogP contribution < -0.4 is 0 Å². The molecule has 0 atom stereocenters. The van der Waals surface area contributed by atoms with Crippen LogP contribution in [0.4, 0.5) is 17.6 Å². The molecule has 1 aromatic heterocycles. The van der Waals surface area contributed by atoms with Crippen molar-refractivity contribution < 1.29 is 22.3 Å².